The van der Waals surface area contributed by atoms with E-state index in [1.165, 1.54) is 6.07 Å². The molecule has 1 fully saturated rings. The summed E-state index contributed by atoms with van der Waals surface area (Å²) in [7, 11) is 1.94. The SMILES string of the molecule is CC1CN(c2cc(F)c(C3=CCCN(c4ncccn4)C3)c(F)c2NC(=O)c2c[nH]c(=O)cc2C(F)F)CCN1C. The lowest BCUT2D eigenvalue weighted by atomic mass is 9.97. The van der Waals surface area contributed by atoms with Crippen LogP contribution in [-0.4, -0.2) is 71.6 Å². The molecule has 13 heteroatoms. The summed E-state index contributed by atoms with van der Waals surface area (Å²) in [6.07, 6.45) is 3.09. The molecule has 2 aliphatic rings. The zero-order valence-electron chi connectivity index (χ0n) is 22.5. The summed E-state index contributed by atoms with van der Waals surface area (Å²) < 4.78 is 59.6. The fourth-order valence-electron chi connectivity index (χ4n) is 5.13. The van der Waals surface area contributed by atoms with Crippen LogP contribution in [-0.2, 0) is 0 Å². The molecule has 1 atom stereocenters. The normalized spacial score (nSPS) is 18.0. The van der Waals surface area contributed by atoms with Crippen molar-refractivity contribution in [3.05, 3.63) is 81.5 Å². The summed E-state index contributed by atoms with van der Waals surface area (Å²) in [4.78, 5) is 41.2. The molecular weight excluding hydrogens is 542 g/mol. The molecule has 1 saturated heterocycles. The molecule has 1 amide bonds. The van der Waals surface area contributed by atoms with E-state index in [9.17, 15) is 18.4 Å². The van der Waals surface area contributed by atoms with Crippen LogP contribution in [0.25, 0.3) is 5.57 Å². The molecule has 0 bridgehead atoms. The number of amides is 1. The second kappa shape index (κ2) is 11.7. The van der Waals surface area contributed by atoms with E-state index < -0.39 is 40.7 Å². The van der Waals surface area contributed by atoms with Crippen molar-refractivity contribution in [1.29, 1.82) is 0 Å². The minimum absolute atomic E-state index is 0.0446. The van der Waals surface area contributed by atoms with Crippen LogP contribution in [0.15, 0.2) is 47.7 Å². The molecular formula is C28H29F4N7O2. The second-order valence-corrected chi connectivity index (χ2v) is 10.1. The monoisotopic (exact) mass is 571 g/mol. The van der Waals surface area contributed by atoms with Crippen LogP contribution in [0, 0.1) is 11.6 Å². The highest BCUT2D eigenvalue weighted by molar-refractivity contribution is 6.07. The molecule has 1 unspecified atom stereocenters. The molecule has 1 aromatic carbocycles. The number of aromatic amines is 1. The van der Waals surface area contributed by atoms with Crippen molar-refractivity contribution in [2.45, 2.75) is 25.8 Å². The molecule has 216 valence electrons. The minimum Gasteiger partial charge on any atom is -0.367 e. The topological polar surface area (TPSA) is 97.5 Å². The summed E-state index contributed by atoms with van der Waals surface area (Å²) in [5.74, 6) is -2.49. The Morgan fingerprint density at radius 3 is 2.59 bits per heavy atom. The van der Waals surface area contributed by atoms with Gasteiger partial charge >= 0.3 is 0 Å². The molecule has 41 heavy (non-hydrogen) atoms. The number of hydrogen-bond acceptors (Lipinski definition) is 7. The number of H-pyrrole nitrogens is 1. The van der Waals surface area contributed by atoms with Gasteiger partial charge < -0.3 is 25.0 Å². The van der Waals surface area contributed by atoms with Gasteiger partial charge in [0.1, 0.15) is 11.5 Å². The van der Waals surface area contributed by atoms with Crippen molar-refractivity contribution < 1.29 is 22.4 Å². The highest BCUT2D eigenvalue weighted by Crippen LogP contribution is 2.39. The molecule has 0 radical (unpaired) electrons. The third-order valence-electron chi connectivity index (χ3n) is 7.48. The van der Waals surface area contributed by atoms with Gasteiger partial charge in [-0.25, -0.2) is 27.5 Å². The number of aromatic nitrogens is 3. The van der Waals surface area contributed by atoms with Crippen molar-refractivity contribution in [3.8, 4) is 0 Å². The number of likely N-dealkylation sites (N-methyl/N-ethyl adjacent to an activating group) is 1. The van der Waals surface area contributed by atoms with E-state index in [0.717, 1.165) is 6.20 Å². The fraction of sp³-hybridized carbons (Fsp3) is 0.357. The standard InChI is InChI=1S/C28H29F4N7O2/c1-16-14-38(10-9-37(16)2)21-12-20(29)23(17-5-3-8-39(15-17)28-33-6-4-7-34-28)24(30)25(21)36-27(41)19-13-35-22(40)11-18(19)26(31)32/h4-7,11-13,16,26H,3,8-10,14-15H2,1-2H3,(H,35,40)(H,36,41). The summed E-state index contributed by atoms with van der Waals surface area (Å²) in [5, 5.41) is 2.43. The number of benzene rings is 1. The summed E-state index contributed by atoms with van der Waals surface area (Å²) in [5.41, 5.74) is -2.35. The number of nitrogens with one attached hydrogen (secondary N) is 2. The number of nitrogens with zero attached hydrogens (tertiary/aromatic N) is 5. The van der Waals surface area contributed by atoms with Crippen LogP contribution in [0.3, 0.4) is 0 Å². The van der Waals surface area contributed by atoms with Crippen LogP contribution in [0.4, 0.5) is 34.9 Å². The minimum atomic E-state index is -3.12. The number of pyridine rings is 1. The second-order valence-electron chi connectivity index (χ2n) is 10.1. The first-order valence-electron chi connectivity index (χ1n) is 13.1. The zero-order valence-corrected chi connectivity index (χ0v) is 22.5. The predicted octanol–water partition coefficient (Wildman–Crippen LogP) is 4.07. The lowest BCUT2D eigenvalue weighted by molar-refractivity contribution is 0.101. The lowest BCUT2D eigenvalue weighted by Crippen LogP contribution is -2.50. The summed E-state index contributed by atoms with van der Waals surface area (Å²) in [6.45, 7) is 4.07. The average Bonchev–Trinajstić information content (AvgIpc) is 2.96. The van der Waals surface area contributed by atoms with Crippen molar-refractivity contribution in [3.63, 3.8) is 0 Å². The van der Waals surface area contributed by atoms with Gasteiger partial charge in [0.05, 0.1) is 16.8 Å². The maximum Gasteiger partial charge on any atom is 0.264 e. The Morgan fingerprint density at radius 1 is 1.12 bits per heavy atom. The van der Waals surface area contributed by atoms with Gasteiger partial charge in [-0.2, -0.15) is 0 Å². The van der Waals surface area contributed by atoms with Crippen molar-refractivity contribution in [2.75, 3.05) is 54.9 Å². The highest BCUT2D eigenvalue weighted by atomic mass is 19.3. The number of carbonyl (C=O) groups is 1. The predicted molar refractivity (Wildman–Crippen MR) is 147 cm³/mol. The van der Waals surface area contributed by atoms with E-state index in [0.29, 0.717) is 50.2 Å². The number of halogens is 4. The molecule has 9 nitrogen and oxygen atoms in total. The van der Waals surface area contributed by atoms with Gasteiger partial charge in [-0.15, -0.1) is 0 Å². The van der Waals surface area contributed by atoms with Gasteiger partial charge in [-0.05, 0) is 32.0 Å². The zero-order chi connectivity index (χ0) is 29.3. The van der Waals surface area contributed by atoms with E-state index in [-0.39, 0.29) is 29.5 Å². The van der Waals surface area contributed by atoms with E-state index in [1.807, 2.05) is 14.0 Å². The summed E-state index contributed by atoms with van der Waals surface area (Å²) in [6, 6.07) is 3.51. The Morgan fingerprint density at radius 2 is 1.88 bits per heavy atom. The first kappa shape index (κ1) is 28.3. The first-order chi connectivity index (χ1) is 19.6. The number of anilines is 3. The van der Waals surface area contributed by atoms with Crippen molar-refractivity contribution in [2.24, 2.45) is 0 Å². The lowest BCUT2D eigenvalue weighted by Gasteiger charge is -2.40. The Bertz CT molecular complexity index is 1530. The highest BCUT2D eigenvalue weighted by Gasteiger charge is 2.31. The molecule has 2 aromatic heterocycles. The van der Waals surface area contributed by atoms with Crippen LogP contribution in [0.5, 0.6) is 0 Å². The van der Waals surface area contributed by atoms with Gasteiger partial charge in [0, 0.05) is 75.1 Å². The number of carbonyl (C=O) groups excluding carboxylic acids is 1. The van der Waals surface area contributed by atoms with E-state index in [4.69, 9.17) is 0 Å². The third kappa shape index (κ3) is 5.80. The molecule has 3 aromatic rings. The molecule has 2 N–H and O–H groups in total. The van der Waals surface area contributed by atoms with Crippen LogP contribution >= 0.6 is 0 Å². The first-order valence-corrected chi connectivity index (χ1v) is 13.1. The van der Waals surface area contributed by atoms with Crippen LogP contribution < -0.4 is 20.7 Å². The maximum atomic E-state index is 16.4. The quantitative estimate of drug-likeness (QED) is 0.431. The van der Waals surface area contributed by atoms with E-state index in [1.54, 1.807) is 34.3 Å². The molecule has 2 aliphatic heterocycles. The average molecular weight is 572 g/mol. The number of piperazine rings is 1. The summed E-state index contributed by atoms with van der Waals surface area (Å²) >= 11 is 0. The fourth-order valence-corrected chi connectivity index (χ4v) is 5.13. The molecule has 5 rings (SSSR count). The Hall–Kier alpha value is -4.26. The Labute approximate surface area is 233 Å². The molecule has 0 saturated carbocycles. The Kier molecular flexibility index (Phi) is 8.06. The van der Waals surface area contributed by atoms with Gasteiger partial charge in [-0.3, -0.25) is 9.59 Å². The molecule has 0 aliphatic carbocycles. The van der Waals surface area contributed by atoms with Crippen LogP contribution in [0.2, 0.25) is 0 Å². The smallest absolute Gasteiger partial charge is 0.264 e. The van der Waals surface area contributed by atoms with Gasteiger partial charge in [0.25, 0.3) is 12.3 Å². The maximum absolute atomic E-state index is 16.4. The van der Waals surface area contributed by atoms with Crippen molar-refractivity contribution >= 4 is 28.8 Å². The largest absolute Gasteiger partial charge is 0.367 e. The third-order valence-corrected chi connectivity index (χ3v) is 7.48. The molecule has 4 heterocycles. The molecule has 0 spiro atoms. The number of alkyl halides is 2. The van der Waals surface area contributed by atoms with Crippen molar-refractivity contribution in [1.82, 2.24) is 19.9 Å². The van der Waals surface area contributed by atoms with E-state index >= 15 is 8.78 Å². The number of rotatable bonds is 6. The van der Waals surface area contributed by atoms with Gasteiger partial charge in [0.15, 0.2) is 5.82 Å². The van der Waals surface area contributed by atoms with Gasteiger partial charge in [0.2, 0.25) is 11.5 Å². The number of hydrogen-bond donors (Lipinski definition) is 2. The van der Waals surface area contributed by atoms with Crippen LogP contribution in [0.1, 0.15) is 41.3 Å². The van der Waals surface area contributed by atoms with E-state index in [2.05, 4.69) is 25.2 Å². The van der Waals surface area contributed by atoms with Gasteiger partial charge in [-0.1, -0.05) is 6.08 Å². The Balaban J connectivity index is 1.57.